The van der Waals surface area contributed by atoms with E-state index in [-0.39, 0.29) is 24.0 Å². The molecule has 0 aliphatic carbocycles. The number of nitrogens with zero attached hydrogens (tertiary/aromatic N) is 1. The Morgan fingerprint density at radius 2 is 2.32 bits per heavy atom. The molecule has 5 nitrogen and oxygen atoms in total. The lowest BCUT2D eigenvalue weighted by atomic mass is 9.94. The van der Waals surface area contributed by atoms with E-state index in [2.05, 4.69) is 17.2 Å². The molecule has 0 amide bonds. The van der Waals surface area contributed by atoms with Crippen LogP contribution < -0.4 is 5.32 Å². The quantitative estimate of drug-likeness (QED) is 0.764. The highest BCUT2D eigenvalue weighted by molar-refractivity contribution is 5.40. The fourth-order valence-electron chi connectivity index (χ4n) is 2.38. The number of aromatic nitrogens is 1. The summed E-state index contributed by atoms with van der Waals surface area (Å²) in [5.74, 6) is 0.161. The second-order valence-electron chi connectivity index (χ2n) is 5.39. The molecule has 2 rings (SSSR count). The Morgan fingerprint density at radius 1 is 1.58 bits per heavy atom. The van der Waals surface area contributed by atoms with Crippen LogP contribution in [0.1, 0.15) is 37.1 Å². The highest BCUT2D eigenvalue weighted by Gasteiger charge is 2.36. The van der Waals surface area contributed by atoms with Gasteiger partial charge in [0, 0.05) is 36.0 Å². The van der Waals surface area contributed by atoms with Crippen molar-refractivity contribution < 1.29 is 14.9 Å². The summed E-state index contributed by atoms with van der Waals surface area (Å²) in [6.07, 6.45) is 2.69. The second kappa shape index (κ2) is 5.45. The maximum Gasteiger partial charge on any atom is 0.141 e. The number of aromatic hydroxyl groups is 1. The van der Waals surface area contributed by atoms with E-state index in [1.807, 2.05) is 6.92 Å². The van der Waals surface area contributed by atoms with E-state index in [1.165, 1.54) is 0 Å². The van der Waals surface area contributed by atoms with Crippen LogP contribution in [0.15, 0.2) is 6.20 Å². The molecule has 106 valence electrons. The molecule has 0 spiro atoms. The molecule has 1 aromatic heterocycles. The standard InChI is InChI=1S/C14H22N2O3/c1-9-13(18)12(11(8-17)6-15-9)7-16-14(3)4-5-19-10(14)2/h6,10,16-18H,4-5,7-8H2,1-3H3. The van der Waals surface area contributed by atoms with Crippen molar-refractivity contribution in [3.8, 4) is 5.75 Å². The summed E-state index contributed by atoms with van der Waals surface area (Å²) in [6, 6.07) is 0. The van der Waals surface area contributed by atoms with Gasteiger partial charge in [0.25, 0.3) is 0 Å². The molecule has 1 aliphatic rings. The molecule has 3 N–H and O–H groups in total. The number of nitrogens with one attached hydrogen (secondary N) is 1. The van der Waals surface area contributed by atoms with E-state index >= 15 is 0 Å². The summed E-state index contributed by atoms with van der Waals surface area (Å²) in [5, 5.41) is 22.9. The normalized spacial score (nSPS) is 26.8. The third-order valence-electron chi connectivity index (χ3n) is 4.16. The van der Waals surface area contributed by atoms with Gasteiger partial charge in [-0.25, -0.2) is 0 Å². The van der Waals surface area contributed by atoms with Gasteiger partial charge in [0.1, 0.15) is 5.75 Å². The number of ether oxygens (including phenoxy) is 1. The maximum absolute atomic E-state index is 10.1. The molecule has 19 heavy (non-hydrogen) atoms. The van der Waals surface area contributed by atoms with Gasteiger partial charge in [-0.2, -0.15) is 0 Å². The first-order valence-electron chi connectivity index (χ1n) is 6.61. The zero-order valence-corrected chi connectivity index (χ0v) is 11.7. The van der Waals surface area contributed by atoms with E-state index < -0.39 is 0 Å². The van der Waals surface area contributed by atoms with Crippen molar-refractivity contribution in [2.75, 3.05) is 6.61 Å². The van der Waals surface area contributed by atoms with E-state index in [0.717, 1.165) is 18.6 Å². The van der Waals surface area contributed by atoms with Gasteiger partial charge in [0.15, 0.2) is 0 Å². The highest BCUT2D eigenvalue weighted by Crippen LogP contribution is 2.28. The Bertz CT molecular complexity index is 464. The predicted molar refractivity (Wildman–Crippen MR) is 71.8 cm³/mol. The van der Waals surface area contributed by atoms with Crippen molar-refractivity contribution in [2.45, 2.75) is 52.0 Å². The van der Waals surface area contributed by atoms with Gasteiger partial charge in [-0.15, -0.1) is 0 Å². The van der Waals surface area contributed by atoms with Crippen LogP contribution in [0, 0.1) is 6.92 Å². The van der Waals surface area contributed by atoms with Gasteiger partial charge in [-0.3, -0.25) is 4.98 Å². The number of pyridine rings is 1. The molecule has 5 heteroatoms. The van der Waals surface area contributed by atoms with Crippen molar-refractivity contribution >= 4 is 0 Å². The zero-order valence-electron chi connectivity index (χ0n) is 11.7. The predicted octanol–water partition coefficient (Wildman–Crippen LogP) is 1.25. The van der Waals surface area contributed by atoms with Gasteiger partial charge in [0.2, 0.25) is 0 Å². The molecule has 1 fully saturated rings. The Kier molecular flexibility index (Phi) is 4.08. The molecular weight excluding hydrogens is 244 g/mol. The molecule has 0 bridgehead atoms. The number of aryl methyl sites for hydroxylation is 1. The third-order valence-corrected chi connectivity index (χ3v) is 4.16. The van der Waals surface area contributed by atoms with E-state index in [4.69, 9.17) is 4.74 Å². The van der Waals surface area contributed by atoms with Crippen molar-refractivity contribution in [1.82, 2.24) is 10.3 Å². The van der Waals surface area contributed by atoms with Crippen LogP contribution in [0.3, 0.4) is 0 Å². The smallest absolute Gasteiger partial charge is 0.141 e. The molecule has 0 aromatic carbocycles. The van der Waals surface area contributed by atoms with Gasteiger partial charge in [-0.1, -0.05) is 0 Å². The van der Waals surface area contributed by atoms with Crippen LogP contribution >= 0.6 is 0 Å². The van der Waals surface area contributed by atoms with Crippen LogP contribution in [0.4, 0.5) is 0 Å². The first-order valence-corrected chi connectivity index (χ1v) is 6.61. The van der Waals surface area contributed by atoms with Crippen molar-refractivity contribution in [3.63, 3.8) is 0 Å². The highest BCUT2D eigenvalue weighted by atomic mass is 16.5. The van der Waals surface area contributed by atoms with Gasteiger partial charge < -0.3 is 20.3 Å². The summed E-state index contributed by atoms with van der Waals surface area (Å²) >= 11 is 0. The second-order valence-corrected chi connectivity index (χ2v) is 5.39. The van der Waals surface area contributed by atoms with E-state index in [0.29, 0.717) is 17.8 Å². The fourth-order valence-corrected chi connectivity index (χ4v) is 2.38. The summed E-state index contributed by atoms with van der Waals surface area (Å²) in [7, 11) is 0. The number of aliphatic hydroxyl groups is 1. The fraction of sp³-hybridized carbons (Fsp3) is 0.643. The van der Waals surface area contributed by atoms with Crippen LogP contribution in [0.25, 0.3) is 0 Å². The molecule has 0 saturated carbocycles. The minimum absolute atomic E-state index is 0.101. The Labute approximate surface area is 113 Å². The maximum atomic E-state index is 10.1. The van der Waals surface area contributed by atoms with E-state index in [9.17, 15) is 10.2 Å². The van der Waals surface area contributed by atoms with Crippen LogP contribution in [0.5, 0.6) is 5.75 Å². The first kappa shape index (κ1) is 14.2. The van der Waals surface area contributed by atoms with Crippen LogP contribution in [-0.4, -0.2) is 33.4 Å². The largest absolute Gasteiger partial charge is 0.506 e. The van der Waals surface area contributed by atoms with E-state index in [1.54, 1.807) is 13.1 Å². The minimum atomic E-state index is -0.124. The van der Waals surface area contributed by atoms with Crippen molar-refractivity contribution in [2.24, 2.45) is 0 Å². The average molecular weight is 266 g/mol. The molecule has 1 aliphatic heterocycles. The molecular formula is C14H22N2O3. The summed E-state index contributed by atoms with van der Waals surface area (Å²) < 4.78 is 5.58. The van der Waals surface area contributed by atoms with Crippen LogP contribution in [-0.2, 0) is 17.9 Å². The molecule has 2 unspecified atom stereocenters. The lowest BCUT2D eigenvalue weighted by Crippen LogP contribution is -2.47. The van der Waals surface area contributed by atoms with Gasteiger partial charge in [-0.05, 0) is 27.2 Å². The molecule has 2 heterocycles. The van der Waals surface area contributed by atoms with Gasteiger partial charge in [0.05, 0.1) is 18.4 Å². The average Bonchev–Trinajstić information content (AvgIpc) is 2.72. The monoisotopic (exact) mass is 266 g/mol. The van der Waals surface area contributed by atoms with Gasteiger partial charge >= 0.3 is 0 Å². The zero-order chi connectivity index (χ0) is 14.0. The lowest BCUT2D eigenvalue weighted by molar-refractivity contribution is 0.0880. The minimum Gasteiger partial charge on any atom is -0.506 e. The van der Waals surface area contributed by atoms with Crippen molar-refractivity contribution in [3.05, 3.63) is 23.0 Å². The number of rotatable bonds is 4. The Balaban J connectivity index is 2.17. The molecule has 2 atom stereocenters. The number of hydrogen-bond donors (Lipinski definition) is 3. The third kappa shape index (κ3) is 2.73. The lowest BCUT2D eigenvalue weighted by Gasteiger charge is -2.29. The number of hydrogen-bond acceptors (Lipinski definition) is 5. The summed E-state index contributed by atoms with van der Waals surface area (Å²) in [4.78, 5) is 4.06. The Hall–Kier alpha value is -1.17. The molecule has 1 saturated heterocycles. The summed E-state index contributed by atoms with van der Waals surface area (Å²) in [6.45, 7) is 7.04. The van der Waals surface area contributed by atoms with Crippen LogP contribution in [0.2, 0.25) is 0 Å². The molecule has 0 radical (unpaired) electrons. The SMILES string of the molecule is Cc1ncc(CO)c(CNC2(C)CCOC2C)c1O. The molecule has 1 aromatic rings. The first-order chi connectivity index (χ1) is 8.98. The topological polar surface area (TPSA) is 74.6 Å². The Morgan fingerprint density at radius 3 is 2.89 bits per heavy atom. The summed E-state index contributed by atoms with van der Waals surface area (Å²) in [5.41, 5.74) is 1.85. The number of aliphatic hydroxyl groups excluding tert-OH is 1. The van der Waals surface area contributed by atoms with Crippen molar-refractivity contribution in [1.29, 1.82) is 0 Å².